The molecule has 0 aliphatic rings. The van der Waals surface area contributed by atoms with Gasteiger partial charge in [-0.05, 0) is 172 Å². The van der Waals surface area contributed by atoms with Crippen LogP contribution in [-0.2, 0) is 0 Å². The fourth-order valence-electron chi connectivity index (χ4n) is 16.3. The number of nitrogens with zero attached hydrogens (tertiary/aromatic N) is 4. The maximum atomic E-state index is 2.46. The average Bonchev–Trinajstić information content (AvgIpc) is 1.55. The molecule has 0 saturated carbocycles. The van der Waals surface area contributed by atoms with Crippen molar-refractivity contribution in [3.8, 4) is 67.3 Å². The highest BCUT2D eigenvalue weighted by Gasteiger charge is 2.23. The van der Waals surface area contributed by atoms with Crippen molar-refractivity contribution in [3.63, 3.8) is 0 Å². The molecule has 16 aromatic carbocycles. The van der Waals surface area contributed by atoms with E-state index in [-0.39, 0.29) is 0 Å². The molecule has 0 bridgehead atoms. The predicted octanol–water partition coefficient (Wildman–Crippen LogP) is 27.2. The molecule has 4 nitrogen and oxygen atoms in total. The lowest BCUT2D eigenvalue weighted by Gasteiger charge is -2.12. The highest BCUT2D eigenvalue weighted by Crippen LogP contribution is 2.47. The summed E-state index contributed by atoms with van der Waals surface area (Å²) in [4.78, 5) is 0. The highest BCUT2D eigenvalue weighted by atomic mass is 32.1. The highest BCUT2D eigenvalue weighted by molar-refractivity contribution is 7.26. The van der Waals surface area contributed by atoms with Crippen molar-refractivity contribution in [1.82, 2.24) is 18.3 Å². The van der Waals surface area contributed by atoms with Crippen LogP contribution in [0.2, 0.25) is 0 Å². The van der Waals surface area contributed by atoms with Crippen molar-refractivity contribution in [2.24, 2.45) is 0 Å². The Hall–Kier alpha value is -12.8. The van der Waals surface area contributed by atoms with E-state index in [1.54, 1.807) is 0 Å². The Morgan fingerprint density at radius 2 is 0.422 bits per heavy atom. The molecule has 22 aromatic rings. The maximum Gasteiger partial charge on any atom is 0.0562 e. The molecule has 0 N–H and O–H groups in total. The van der Waals surface area contributed by atoms with E-state index in [1.165, 1.54) is 183 Å². The molecule has 6 aromatic heterocycles. The molecule has 102 heavy (non-hydrogen) atoms. The van der Waals surface area contributed by atoms with Gasteiger partial charge in [-0.15, -0.1) is 22.7 Å². The van der Waals surface area contributed by atoms with Crippen LogP contribution in [0.3, 0.4) is 0 Å². The first kappa shape index (κ1) is 58.2. The van der Waals surface area contributed by atoms with Crippen molar-refractivity contribution in [2.45, 2.75) is 0 Å². The molecule has 0 atom stereocenters. The van der Waals surface area contributed by atoms with Crippen molar-refractivity contribution >= 4 is 150 Å². The minimum Gasteiger partial charge on any atom is -0.309 e. The molecule has 0 spiro atoms. The van der Waals surface area contributed by atoms with Gasteiger partial charge in [-0.3, -0.25) is 0 Å². The average molecular weight is 1330 g/mol. The van der Waals surface area contributed by atoms with Crippen LogP contribution in [0.1, 0.15) is 0 Å². The third-order valence-corrected chi connectivity index (χ3v) is 23.3. The Morgan fingerprint density at radius 1 is 0.137 bits per heavy atom. The number of aromatic nitrogens is 4. The van der Waals surface area contributed by atoms with Gasteiger partial charge in [0.25, 0.3) is 0 Å². The SMILES string of the molecule is c1ccc(-c2ccc(-c3cccc(-n4c5ccccc5c5cc6c7cc8c(cc7n(-c7ccccc7)c6cc54)sc4ccccc48)c3)cc2)cc1.c1ccc(-c2cccc(-c3ccc(-n4c5ccccc5c5cc6c7cc8c(cc7n(-c7ccccc7)c6cc54)sc4ccccc48)cc3)c2)cc1. The van der Waals surface area contributed by atoms with Crippen molar-refractivity contribution in [1.29, 1.82) is 0 Å². The summed E-state index contributed by atoms with van der Waals surface area (Å²) in [5, 5.41) is 15.5. The van der Waals surface area contributed by atoms with E-state index in [9.17, 15) is 0 Å². The number of benzene rings is 16. The Balaban J connectivity index is 0.000000133. The van der Waals surface area contributed by atoms with Crippen LogP contribution < -0.4 is 0 Å². The van der Waals surface area contributed by atoms with Gasteiger partial charge in [-0.25, -0.2) is 0 Å². The maximum absolute atomic E-state index is 2.46. The number of para-hydroxylation sites is 4. The van der Waals surface area contributed by atoms with E-state index in [4.69, 9.17) is 0 Å². The Morgan fingerprint density at radius 3 is 0.892 bits per heavy atom. The lowest BCUT2D eigenvalue weighted by molar-refractivity contribution is 1.17. The largest absolute Gasteiger partial charge is 0.309 e. The van der Waals surface area contributed by atoms with Gasteiger partial charge < -0.3 is 18.3 Å². The summed E-state index contributed by atoms with van der Waals surface area (Å²) >= 11 is 3.76. The summed E-state index contributed by atoms with van der Waals surface area (Å²) in [6.07, 6.45) is 0. The first-order valence-electron chi connectivity index (χ1n) is 34.9. The Kier molecular flexibility index (Phi) is 13.3. The van der Waals surface area contributed by atoms with Crippen LogP contribution in [0, 0.1) is 0 Å². The molecular weight excluding hydrogens is 1270 g/mol. The molecule has 0 fully saturated rings. The van der Waals surface area contributed by atoms with E-state index in [0.717, 1.165) is 11.4 Å². The minimum absolute atomic E-state index is 1.15. The van der Waals surface area contributed by atoms with Crippen LogP contribution >= 0.6 is 22.7 Å². The van der Waals surface area contributed by atoms with E-state index in [1.807, 2.05) is 22.7 Å². The summed E-state index contributed by atoms with van der Waals surface area (Å²) < 4.78 is 15.1. The quantitative estimate of drug-likeness (QED) is 0.144. The number of thiophene rings is 2. The van der Waals surface area contributed by atoms with E-state index in [2.05, 4.69) is 382 Å². The van der Waals surface area contributed by atoms with Crippen LogP contribution in [0.25, 0.3) is 195 Å². The fraction of sp³-hybridized carbons (Fsp3) is 0. The van der Waals surface area contributed by atoms with Gasteiger partial charge in [-0.1, -0.05) is 237 Å². The Labute approximate surface area is 595 Å². The second kappa shape index (κ2) is 23.4. The second-order valence-corrected chi connectivity index (χ2v) is 28.9. The Bertz CT molecular complexity index is 7070. The minimum atomic E-state index is 1.15. The third kappa shape index (κ3) is 9.34. The van der Waals surface area contributed by atoms with E-state index >= 15 is 0 Å². The monoisotopic (exact) mass is 1330 g/mol. The zero-order chi connectivity index (χ0) is 66.9. The number of hydrogen-bond donors (Lipinski definition) is 0. The lowest BCUT2D eigenvalue weighted by Crippen LogP contribution is -1.96. The van der Waals surface area contributed by atoms with Crippen molar-refractivity contribution in [3.05, 3.63) is 364 Å². The molecule has 0 aliphatic heterocycles. The van der Waals surface area contributed by atoms with Crippen LogP contribution in [0.5, 0.6) is 0 Å². The van der Waals surface area contributed by atoms with Crippen molar-refractivity contribution < 1.29 is 0 Å². The molecular formula is C96H60N4S2. The molecule has 6 heteroatoms. The summed E-state index contributed by atoms with van der Waals surface area (Å²) in [5.41, 5.74) is 24.1. The topological polar surface area (TPSA) is 19.7 Å². The summed E-state index contributed by atoms with van der Waals surface area (Å²) in [6.45, 7) is 0. The molecule has 22 rings (SSSR count). The first-order valence-corrected chi connectivity index (χ1v) is 36.5. The zero-order valence-electron chi connectivity index (χ0n) is 55.2. The lowest BCUT2D eigenvalue weighted by atomic mass is 9.99. The van der Waals surface area contributed by atoms with Crippen LogP contribution in [-0.4, -0.2) is 18.3 Å². The van der Waals surface area contributed by atoms with Gasteiger partial charge in [0, 0.05) is 106 Å². The third-order valence-electron chi connectivity index (χ3n) is 21.0. The van der Waals surface area contributed by atoms with Gasteiger partial charge in [0.1, 0.15) is 0 Å². The van der Waals surface area contributed by atoms with Gasteiger partial charge in [0.15, 0.2) is 0 Å². The smallest absolute Gasteiger partial charge is 0.0562 e. The van der Waals surface area contributed by atoms with Gasteiger partial charge in [-0.2, -0.15) is 0 Å². The molecule has 0 saturated heterocycles. The molecule has 0 radical (unpaired) electrons. The van der Waals surface area contributed by atoms with E-state index < -0.39 is 0 Å². The van der Waals surface area contributed by atoms with Gasteiger partial charge >= 0.3 is 0 Å². The predicted molar refractivity (Wildman–Crippen MR) is 438 cm³/mol. The van der Waals surface area contributed by atoms with Gasteiger partial charge in [0.2, 0.25) is 0 Å². The number of fused-ring (bicyclic) bond motifs is 18. The first-order chi connectivity index (χ1) is 50.6. The van der Waals surface area contributed by atoms with E-state index in [0.29, 0.717) is 0 Å². The van der Waals surface area contributed by atoms with Gasteiger partial charge in [0.05, 0.1) is 44.1 Å². The molecule has 0 unspecified atom stereocenters. The van der Waals surface area contributed by atoms with Crippen LogP contribution in [0.15, 0.2) is 364 Å². The van der Waals surface area contributed by atoms with Crippen molar-refractivity contribution in [2.75, 3.05) is 0 Å². The molecule has 6 heterocycles. The summed E-state index contributed by atoms with van der Waals surface area (Å²) in [6, 6.07) is 133. The second-order valence-electron chi connectivity index (χ2n) is 26.7. The zero-order valence-corrected chi connectivity index (χ0v) is 56.9. The van der Waals surface area contributed by atoms with Crippen LogP contribution in [0.4, 0.5) is 0 Å². The fourth-order valence-corrected chi connectivity index (χ4v) is 18.5. The molecule has 0 amide bonds. The summed E-state index contributed by atoms with van der Waals surface area (Å²) in [7, 11) is 0. The standard InChI is InChI=1S/2C48H30N2S/c1-3-12-31(13-4-1)33-14-11-15-34(26-33)32-22-24-36(25-23-32)49-43-20-9-7-18-37(43)39-27-40-41-28-42-38-19-8-10-21-47(38)51-48(42)30-46(41)50(45(40)29-44(39)49)35-16-5-2-6-17-35;1-3-12-31(13-4-1)32-22-24-33(25-23-32)34-14-11-17-36(26-34)50-43-20-9-7-18-37(43)39-27-40-41-28-42-38-19-8-10-21-47(38)51-48(42)30-46(41)49(45(40)29-44(39)50)35-15-5-2-6-16-35/h2*1-30H. The number of hydrogen-bond acceptors (Lipinski definition) is 2. The summed E-state index contributed by atoms with van der Waals surface area (Å²) in [5.74, 6) is 0. The molecule has 0 aliphatic carbocycles. The normalized spacial score (nSPS) is 11.9. The number of rotatable bonds is 8. The molecule has 476 valence electrons.